The van der Waals surface area contributed by atoms with E-state index < -0.39 is 5.97 Å². The van der Waals surface area contributed by atoms with E-state index in [0.29, 0.717) is 29.0 Å². The summed E-state index contributed by atoms with van der Waals surface area (Å²) in [5.41, 5.74) is 8.33. The van der Waals surface area contributed by atoms with Gasteiger partial charge in [0.25, 0.3) is 5.97 Å². The highest BCUT2D eigenvalue weighted by Crippen LogP contribution is 2.29. The maximum absolute atomic E-state index is 13.5. The number of halogens is 1. The van der Waals surface area contributed by atoms with Gasteiger partial charge in [-0.2, -0.15) is 0 Å². The summed E-state index contributed by atoms with van der Waals surface area (Å²) >= 11 is 0. The molecule has 11 nitrogen and oxygen atoms in total. The SMILES string of the molecule is CC(=O)O.CC(C)n1cc(C(=O)c2cncc(N[C@@H]3CNC[C@@H]3c3ccc(F)cc3)n2)c2c(N)ncnc21. The Kier molecular flexibility index (Phi) is 7.91. The van der Waals surface area contributed by atoms with Crippen molar-refractivity contribution in [2.24, 2.45) is 0 Å². The molecule has 4 heterocycles. The molecule has 2 atom stereocenters. The molecule has 0 bridgehead atoms. The van der Waals surface area contributed by atoms with Gasteiger partial charge in [0.1, 0.15) is 35.1 Å². The standard InChI is InChI=1S/C24H25FN8O.C2H4O2/c1-13(2)33-11-17(21-23(26)29-12-30-24(21)33)22(34)19-9-28-10-20(32-19)31-18-8-27-7-16(18)14-3-5-15(25)6-4-14;1-2(3)4/h3-6,9-13,16,18,27H,7-8H2,1-2H3,(H,31,32)(H2,26,29,30);1H3,(H,3,4)/t16-,18-;/m1./s1. The average Bonchev–Trinajstić information content (AvgIpc) is 3.50. The van der Waals surface area contributed by atoms with E-state index in [9.17, 15) is 9.18 Å². The summed E-state index contributed by atoms with van der Waals surface area (Å²) in [5, 5.41) is 14.7. The van der Waals surface area contributed by atoms with Crippen LogP contribution in [0.4, 0.5) is 16.0 Å². The summed E-state index contributed by atoms with van der Waals surface area (Å²) in [6, 6.07) is 6.61. The number of nitrogens with zero attached hydrogens (tertiary/aromatic N) is 5. The minimum Gasteiger partial charge on any atom is -0.481 e. The van der Waals surface area contributed by atoms with Crippen LogP contribution in [0.25, 0.3) is 11.0 Å². The number of carboxylic acid groups (broad SMARTS) is 1. The summed E-state index contributed by atoms with van der Waals surface area (Å²) in [6.07, 6.45) is 6.17. The molecule has 1 saturated heterocycles. The van der Waals surface area contributed by atoms with Crippen molar-refractivity contribution < 1.29 is 19.1 Å². The van der Waals surface area contributed by atoms with Crippen LogP contribution in [-0.2, 0) is 4.79 Å². The number of nitrogen functional groups attached to an aromatic ring is 1. The molecule has 0 saturated carbocycles. The Labute approximate surface area is 218 Å². The van der Waals surface area contributed by atoms with Crippen molar-refractivity contribution in [1.82, 2.24) is 29.8 Å². The number of hydrogen-bond donors (Lipinski definition) is 4. The first-order chi connectivity index (χ1) is 18.2. The number of aromatic nitrogens is 5. The van der Waals surface area contributed by atoms with Crippen LogP contribution in [0.1, 0.15) is 54.3 Å². The number of aliphatic carboxylic acids is 1. The lowest BCUT2D eigenvalue weighted by molar-refractivity contribution is -0.134. The molecule has 1 aliphatic heterocycles. The number of nitrogens with two attached hydrogens (primary N) is 1. The summed E-state index contributed by atoms with van der Waals surface area (Å²) in [7, 11) is 0. The van der Waals surface area contributed by atoms with E-state index >= 15 is 0 Å². The molecule has 0 radical (unpaired) electrons. The lowest BCUT2D eigenvalue weighted by Gasteiger charge is -2.21. The third kappa shape index (κ3) is 5.75. The number of fused-ring (bicyclic) bond motifs is 1. The Morgan fingerprint density at radius 1 is 1.18 bits per heavy atom. The number of carbonyl (C=O) groups is 2. The van der Waals surface area contributed by atoms with Crippen LogP contribution < -0.4 is 16.4 Å². The highest BCUT2D eigenvalue weighted by molar-refractivity contribution is 6.17. The maximum atomic E-state index is 13.5. The van der Waals surface area contributed by atoms with Crippen LogP contribution in [0.2, 0.25) is 0 Å². The highest BCUT2D eigenvalue weighted by Gasteiger charge is 2.29. The van der Waals surface area contributed by atoms with Gasteiger partial charge in [0.15, 0.2) is 0 Å². The number of carboxylic acids is 1. The number of hydrogen-bond acceptors (Lipinski definition) is 9. The molecule has 0 spiro atoms. The van der Waals surface area contributed by atoms with Crippen molar-refractivity contribution in [2.75, 3.05) is 24.1 Å². The molecule has 1 aliphatic rings. The molecule has 4 aromatic rings. The van der Waals surface area contributed by atoms with E-state index in [1.807, 2.05) is 18.4 Å². The maximum Gasteiger partial charge on any atom is 0.300 e. The normalized spacial score (nSPS) is 16.8. The monoisotopic (exact) mass is 520 g/mol. The van der Waals surface area contributed by atoms with Crippen molar-refractivity contribution in [2.45, 2.75) is 38.8 Å². The number of nitrogens with one attached hydrogen (secondary N) is 2. The predicted octanol–water partition coefficient (Wildman–Crippen LogP) is 3.01. The van der Waals surface area contributed by atoms with Gasteiger partial charge in [-0.1, -0.05) is 12.1 Å². The average molecular weight is 521 g/mol. The number of benzene rings is 1. The van der Waals surface area contributed by atoms with Gasteiger partial charge in [-0.3, -0.25) is 14.6 Å². The molecular formula is C26H29FN8O3. The Morgan fingerprint density at radius 3 is 2.58 bits per heavy atom. The zero-order valence-electron chi connectivity index (χ0n) is 21.2. The first-order valence-corrected chi connectivity index (χ1v) is 12.1. The van der Waals surface area contributed by atoms with Gasteiger partial charge in [0, 0.05) is 44.2 Å². The van der Waals surface area contributed by atoms with Gasteiger partial charge in [0.2, 0.25) is 5.78 Å². The molecular weight excluding hydrogens is 491 g/mol. The fourth-order valence-electron chi connectivity index (χ4n) is 4.44. The third-order valence-corrected chi connectivity index (χ3v) is 6.15. The molecule has 0 amide bonds. The number of carbonyl (C=O) groups excluding carboxylic acids is 1. The first-order valence-electron chi connectivity index (χ1n) is 12.1. The van der Waals surface area contributed by atoms with E-state index in [4.69, 9.17) is 15.6 Å². The zero-order chi connectivity index (χ0) is 27.4. The molecule has 12 heteroatoms. The second kappa shape index (κ2) is 11.3. The second-order valence-electron chi connectivity index (χ2n) is 9.21. The Bertz CT molecular complexity index is 1450. The van der Waals surface area contributed by atoms with E-state index in [1.165, 1.54) is 24.7 Å². The van der Waals surface area contributed by atoms with Crippen LogP contribution in [0.5, 0.6) is 0 Å². The van der Waals surface area contributed by atoms with Gasteiger partial charge in [-0.25, -0.2) is 19.3 Å². The summed E-state index contributed by atoms with van der Waals surface area (Å²) in [4.78, 5) is 39.6. The molecule has 5 rings (SSSR count). The van der Waals surface area contributed by atoms with Crippen LogP contribution in [0.15, 0.2) is 49.2 Å². The second-order valence-corrected chi connectivity index (χ2v) is 9.21. The topological polar surface area (TPSA) is 161 Å². The van der Waals surface area contributed by atoms with Crippen molar-refractivity contribution >= 4 is 34.4 Å². The molecule has 3 aromatic heterocycles. The van der Waals surface area contributed by atoms with Gasteiger partial charge in [-0.15, -0.1) is 0 Å². The fourth-order valence-corrected chi connectivity index (χ4v) is 4.44. The van der Waals surface area contributed by atoms with E-state index in [-0.39, 0.29) is 41.1 Å². The molecule has 198 valence electrons. The highest BCUT2D eigenvalue weighted by atomic mass is 19.1. The lowest BCUT2D eigenvalue weighted by Crippen LogP contribution is -2.28. The van der Waals surface area contributed by atoms with Crippen molar-refractivity contribution in [3.8, 4) is 0 Å². The Balaban J connectivity index is 0.000000786. The molecule has 1 aromatic carbocycles. The first kappa shape index (κ1) is 26.6. The van der Waals surface area contributed by atoms with Gasteiger partial charge in [-0.05, 0) is 31.5 Å². The lowest BCUT2D eigenvalue weighted by atomic mass is 9.94. The molecule has 5 N–H and O–H groups in total. The minimum atomic E-state index is -0.833. The van der Waals surface area contributed by atoms with Crippen molar-refractivity contribution in [3.63, 3.8) is 0 Å². The quantitative estimate of drug-likeness (QED) is 0.278. The van der Waals surface area contributed by atoms with Crippen LogP contribution in [0.3, 0.4) is 0 Å². The molecule has 0 aliphatic carbocycles. The van der Waals surface area contributed by atoms with E-state index in [1.54, 1.807) is 24.5 Å². The summed E-state index contributed by atoms with van der Waals surface area (Å²) in [6.45, 7) is 6.55. The fraction of sp³-hybridized carbons (Fsp3) is 0.308. The Morgan fingerprint density at radius 2 is 1.89 bits per heavy atom. The van der Waals surface area contributed by atoms with Gasteiger partial charge in [0.05, 0.1) is 23.3 Å². The minimum absolute atomic E-state index is 0.0111. The van der Waals surface area contributed by atoms with Crippen molar-refractivity contribution in [1.29, 1.82) is 0 Å². The number of ketones is 1. The molecule has 0 unspecified atom stereocenters. The van der Waals surface area contributed by atoms with Crippen LogP contribution >= 0.6 is 0 Å². The predicted molar refractivity (Wildman–Crippen MR) is 141 cm³/mol. The third-order valence-electron chi connectivity index (χ3n) is 6.15. The summed E-state index contributed by atoms with van der Waals surface area (Å²) < 4.78 is 15.2. The van der Waals surface area contributed by atoms with Crippen molar-refractivity contribution in [3.05, 3.63) is 71.8 Å². The van der Waals surface area contributed by atoms with E-state index in [0.717, 1.165) is 19.0 Å². The largest absolute Gasteiger partial charge is 0.481 e. The van der Waals surface area contributed by atoms with Gasteiger partial charge >= 0.3 is 0 Å². The number of anilines is 2. The van der Waals surface area contributed by atoms with E-state index in [2.05, 4.69) is 30.6 Å². The smallest absolute Gasteiger partial charge is 0.300 e. The van der Waals surface area contributed by atoms with Crippen LogP contribution in [-0.4, -0.2) is 60.5 Å². The molecule has 38 heavy (non-hydrogen) atoms. The zero-order valence-corrected chi connectivity index (χ0v) is 21.2. The molecule has 1 fully saturated rings. The number of rotatable bonds is 6. The summed E-state index contributed by atoms with van der Waals surface area (Å²) in [5.74, 6) is -0.539. The van der Waals surface area contributed by atoms with Crippen LogP contribution in [0, 0.1) is 5.82 Å². The van der Waals surface area contributed by atoms with Gasteiger partial charge < -0.3 is 26.0 Å². The Hall–Kier alpha value is -4.45.